The molecule has 2 aliphatic heterocycles. The van der Waals surface area contributed by atoms with Crippen LogP contribution in [-0.2, 0) is 9.31 Å². The van der Waals surface area contributed by atoms with Crippen LogP contribution in [0.1, 0.15) is 27.7 Å². The second kappa shape index (κ2) is 5.47. The zero-order valence-electron chi connectivity index (χ0n) is 14.2. The molecule has 2 saturated heterocycles. The number of anilines is 1. The van der Waals surface area contributed by atoms with Gasteiger partial charge in [-0.25, -0.2) is 9.97 Å². The van der Waals surface area contributed by atoms with E-state index < -0.39 is 7.12 Å². The first-order valence-electron chi connectivity index (χ1n) is 7.91. The molecule has 120 valence electrons. The van der Waals surface area contributed by atoms with Crippen LogP contribution in [0.5, 0.6) is 0 Å². The summed E-state index contributed by atoms with van der Waals surface area (Å²) in [5, 5.41) is 0. The van der Waals surface area contributed by atoms with E-state index in [0.29, 0.717) is 0 Å². The zero-order valence-corrected chi connectivity index (χ0v) is 14.2. The van der Waals surface area contributed by atoms with Crippen molar-refractivity contribution in [3.8, 4) is 0 Å². The number of nitrogens with zero attached hydrogens (tertiary/aromatic N) is 4. The summed E-state index contributed by atoms with van der Waals surface area (Å²) < 4.78 is 12.1. The zero-order chi connectivity index (χ0) is 16.0. The van der Waals surface area contributed by atoms with Crippen LogP contribution >= 0.6 is 0 Å². The van der Waals surface area contributed by atoms with Crippen molar-refractivity contribution < 1.29 is 9.31 Å². The molecular formula is C15H25BN4O2. The fraction of sp³-hybridized carbons (Fsp3) is 0.733. The largest absolute Gasteiger partial charge is 0.514 e. The molecule has 0 atom stereocenters. The molecule has 0 N–H and O–H groups in total. The highest BCUT2D eigenvalue weighted by Gasteiger charge is 2.52. The Bertz CT molecular complexity index is 528. The number of hydrogen-bond acceptors (Lipinski definition) is 6. The van der Waals surface area contributed by atoms with Crippen molar-refractivity contribution in [1.82, 2.24) is 14.9 Å². The van der Waals surface area contributed by atoms with Gasteiger partial charge < -0.3 is 19.1 Å². The van der Waals surface area contributed by atoms with Gasteiger partial charge >= 0.3 is 7.12 Å². The lowest BCUT2D eigenvalue weighted by atomic mass is 9.84. The number of hydrogen-bond donors (Lipinski definition) is 0. The Morgan fingerprint density at radius 1 is 1.05 bits per heavy atom. The van der Waals surface area contributed by atoms with Gasteiger partial charge in [0.2, 0.25) is 5.95 Å². The first-order chi connectivity index (χ1) is 10.3. The smallest absolute Gasteiger partial charge is 0.398 e. The topological polar surface area (TPSA) is 50.7 Å². The second-order valence-corrected chi connectivity index (χ2v) is 7.16. The Morgan fingerprint density at radius 2 is 1.64 bits per heavy atom. The minimum absolute atomic E-state index is 0.351. The van der Waals surface area contributed by atoms with Crippen LogP contribution in [0.2, 0.25) is 0 Å². The first-order valence-corrected chi connectivity index (χ1v) is 7.91. The van der Waals surface area contributed by atoms with Crippen LogP contribution in [0.3, 0.4) is 0 Å². The van der Waals surface area contributed by atoms with Crippen LogP contribution in [0.4, 0.5) is 5.95 Å². The summed E-state index contributed by atoms with van der Waals surface area (Å²) in [5.74, 6) is 0.764. The third kappa shape index (κ3) is 2.85. The fourth-order valence-electron chi connectivity index (χ4n) is 2.62. The highest BCUT2D eigenvalue weighted by molar-refractivity contribution is 6.61. The van der Waals surface area contributed by atoms with E-state index in [0.717, 1.165) is 37.7 Å². The van der Waals surface area contributed by atoms with Crippen molar-refractivity contribution in [2.45, 2.75) is 38.9 Å². The SMILES string of the molecule is CN1CCN(c2nccc(B3OC(C)(C)C(C)(C)O3)n2)CC1. The molecule has 3 rings (SSSR count). The van der Waals surface area contributed by atoms with Gasteiger partial charge in [0.05, 0.1) is 16.8 Å². The quantitative estimate of drug-likeness (QED) is 0.743. The van der Waals surface area contributed by atoms with E-state index in [1.54, 1.807) is 6.20 Å². The number of aromatic nitrogens is 2. The summed E-state index contributed by atoms with van der Waals surface area (Å²) in [7, 11) is 1.71. The Labute approximate surface area is 133 Å². The number of likely N-dealkylation sites (N-methyl/N-ethyl adjacent to an activating group) is 1. The molecule has 3 heterocycles. The van der Waals surface area contributed by atoms with Gasteiger partial charge in [-0.15, -0.1) is 0 Å². The standard InChI is InChI=1S/C15H25BN4O2/c1-14(2)15(3,4)22-16(21-14)12-6-7-17-13(18-12)20-10-8-19(5)9-11-20/h6-7H,8-11H2,1-5H3. The maximum absolute atomic E-state index is 6.07. The highest BCUT2D eigenvalue weighted by Crippen LogP contribution is 2.36. The minimum Gasteiger partial charge on any atom is -0.398 e. The second-order valence-electron chi connectivity index (χ2n) is 7.16. The Morgan fingerprint density at radius 3 is 2.23 bits per heavy atom. The van der Waals surface area contributed by atoms with Crippen LogP contribution in [0, 0.1) is 0 Å². The van der Waals surface area contributed by atoms with Gasteiger partial charge in [0.1, 0.15) is 0 Å². The molecule has 0 saturated carbocycles. The minimum atomic E-state index is -0.431. The van der Waals surface area contributed by atoms with E-state index in [1.807, 2.05) is 6.07 Å². The van der Waals surface area contributed by atoms with E-state index in [9.17, 15) is 0 Å². The summed E-state index contributed by atoms with van der Waals surface area (Å²) in [6.07, 6.45) is 1.79. The monoisotopic (exact) mass is 304 g/mol. The average molecular weight is 304 g/mol. The third-order valence-electron chi connectivity index (χ3n) is 4.95. The summed E-state index contributed by atoms with van der Waals surface area (Å²) in [5.41, 5.74) is 0.0929. The summed E-state index contributed by atoms with van der Waals surface area (Å²) >= 11 is 0. The maximum atomic E-state index is 6.07. The number of rotatable bonds is 2. The summed E-state index contributed by atoms with van der Waals surface area (Å²) in [4.78, 5) is 13.6. The fourth-order valence-corrected chi connectivity index (χ4v) is 2.62. The van der Waals surface area contributed by atoms with Crippen molar-refractivity contribution in [2.24, 2.45) is 0 Å². The van der Waals surface area contributed by atoms with Crippen molar-refractivity contribution in [3.05, 3.63) is 12.3 Å². The van der Waals surface area contributed by atoms with Crippen LogP contribution in [-0.4, -0.2) is 66.4 Å². The van der Waals surface area contributed by atoms with Gasteiger partial charge in [-0.3, -0.25) is 0 Å². The Balaban J connectivity index is 1.78. The molecule has 1 aromatic rings. The lowest BCUT2D eigenvalue weighted by Gasteiger charge is -2.32. The van der Waals surface area contributed by atoms with E-state index in [1.165, 1.54) is 0 Å². The molecule has 0 unspecified atom stereocenters. The molecule has 0 amide bonds. The lowest BCUT2D eigenvalue weighted by Crippen LogP contribution is -2.46. The lowest BCUT2D eigenvalue weighted by molar-refractivity contribution is 0.00578. The average Bonchev–Trinajstić information content (AvgIpc) is 2.68. The molecule has 2 aliphatic rings. The molecule has 22 heavy (non-hydrogen) atoms. The Kier molecular flexibility index (Phi) is 3.91. The van der Waals surface area contributed by atoms with Crippen molar-refractivity contribution in [1.29, 1.82) is 0 Å². The molecular weight excluding hydrogens is 279 g/mol. The van der Waals surface area contributed by atoms with Gasteiger partial charge in [-0.1, -0.05) is 0 Å². The van der Waals surface area contributed by atoms with Crippen molar-refractivity contribution in [2.75, 3.05) is 38.1 Å². The molecule has 1 aromatic heterocycles. The van der Waals surface area contributed by atoms with E-state index in [2.05, 4.69) is 54.5 Å². The molecule has 0 aromatic carbocycles. The molecule has 0 radical (unpaired) electrons. The molecule has 6 nitrogen and oxygen atoms in total. The van der Waals surface area contributed by atoms with E-state index in [-0.39, 0.29) is 11.2 Å². The van der Waals surface area contributed by atoms with Gasteiger partial charge in [-0.2, -0.15) is 0 Å². The van der Waals surface area contributed by atoms with Crippen molar-refractivity contribution in [3.63, 3.8) is 0 Å². The van der Waals surface area contributed by atoms with Gasteiger partial charge in [0, 0.05) is 32.4 Å². The van der Waals surface area contributed by atoms with Gasteiger partial charge in [-0.05, 0) is 40.8 Å². The van der Waals surface area contributed by atoms with Crippen LogP contribution in [0.25, 0.3) is 0 Å². The van der Waals surface area contributed by atoms with E-state index in [4.69, 9.17) is 9.31 Å². The summed E-state index contributed by atoms with van der Waals surface area (Å²) in [6.45, 7) is 12.2. The number of piperazine rings is 1. The molecule has 2 fully saturated rings. The normalized spacial score (nSPS) is 24.8. The van der Waals surface area contributed by atoms with Gasteiger partial charge in [0.25, 0.3) is 0 Å². The molecule has 0 aliphatic carbocycles. The van der Waals surface area contributed by atoms with Crippen molar-refractivity contribution >= 4 is 18.7 Å². The van der Waals surface area contributed by atoms with Gasteiger partial charge in [0.15, 0.2) is 0 Å². The molecule has 0 bridgehead atoms. The van der Waals surface area contributed by atoms with E-state index >= 15 is 0 Å². The maximum Gasteiger partial charge on any atom is 0.514 e. The highest BCUT2D eigenvalue weighted by atomic mass is 16.7. The molecule has 7 heteroatoms. The predicted molar refractivity (Wildman–Crippen MR) is 87.5 cm³/mol. The first kappa shape index (κ1) is 15.7. The van der Waals surface area contributed by atoms with Crippen LogP contribution < -0.4 is 10.5 Å². The summed E-state index contributed by atoms with van der Waals surface area (Å²) in [6, 6.07) is 1.88. The molecule has 0 spiro atoms. The predicted octanol–water partition coefficient (Wildman–Crippen LogP) is 0.528. The Hall–Kier alpha value is -1.18. The van der Waals surface area contributed by atoms with Crippen LogP contribution in [0.15, 0.2) is 12.3 Å². The third-order valence-corrected chi connectivity index (χ3v) is 4.95.